The summed E-state index contributed by atoms with van der Waals surface area (Å²) in [4.78, 5) is 28.6. The summed E-state index contributed by atoms with van der Waals surface area (Å²) in [6, 6.07) is 1.37. The molecule has 32 heavy (non-hydrogen) atoms. The molecule has 2 saturated heterocycles. The molecule has 2 heterocycles. The van der Waals surface area contributed by atoms with Gasteiger partial charge in [0, 0.05) is 38.8 Å². The van der Waals surface area contributed by atoms with E-state index in [0.717, 1.165) is 32.5 Å². The van der Waals surface area contributed by atoms with Crippen molar-refractivity contribution < 1.29 is 28.7 Å². The highest BCUT2D eigenvalue weighted by molar-refractivity contribution is 6.00. The van der Waals surface area contributed by atoms with Gasteiger partial charge in [-0.25, -0.2) is 0 Å². The molecule has 1 amide bonds. The van der Waals surface area contributed by atoms with Crippen LogP contribution in [0.25, 0.3) is 0 Å². The van der Waals surface area contributed by atoms with Gasteiger partial charge in [0.1, 0.15) is 5.56 Å². The van der Waals surface area contributed by atoms with Gasteiger partial charge >= 0.3 is 5.69 Å². The van der Waals surface area contributed by atoms with Crippen LogP contribution in [0.4, 0.5) is 5.69 Å². The minimum absolute atomic E-state index is 0.0567. The van der Waals surface area contributed by atoms with Crippen LogP contribution in [-0.4, -0.2) is 86.9 Å². The van der Waals surface area contributed by atoms with Crippen LogP contribution in [0.15, 0.2) is 6.07 Å². The molecule has 2 unspecified atom stereocenters. The molecule has 0 bridgehead atoms. The summed E-state index contributed by atoms with van der Waals surface area (Å²) < 4.78 is 21.6. The van der Waals surface area contributed by atoms with Crippen LogP contribution in [-0.2, 0) is 4.74 Å². The monoisotopic (exact) mass is 451 g/mol. The van der Waals surface area contributed by atoms with Gasteiger partial charge in [0.05, 0.1) is 38.5 Å². The first-order valence-electron chi connectivity index (χ1n) is 10.9. The molecule has 2 fully saturated rings. The van der Waals surface area contributed by atoms with E-state index in [1.807, 2.05) is 0 Å². The molecular weight excluding hydrogens is 418 g/mol. The molecule has 10 heteroatoms. The smallest absolute Gasteiger partial charge is 0.327 e. The number of amides is 1. The molecule has 178 valence electrons. The van der Waals surface area contributed by atoms with Crippen LogP contribution in [0.3, 0.4) is 0 Å². The molecule has 10 nitrogen and oxygen atoms in total. The van der Waals surface area contributed by atoms with Crippen molar-refractivity contribution in [1.82, 2.24) is 9.80 Å². The number of nitro benzene ring substituents is 1. The summed E-state index contributed by atoms with van der Waals surface area (Å²) in [5.74, 6) is 0.259. The number of methoxy groups -OCH3 is 3. The van der Waals surface area contributed by atoms with E-state index in [-0.39, 0.29) is 35.0 Å². The highest BCUT2D eigenvalue weighted by Crippen LogP contribution is 2.46. The van der Waals surface area contributed by atoms with Crippen molar-refractivity contribution in [3.05, 3.63) is 21.7 Å². The number of ether oxygens (including phenoxy) is 4. The molecular formula is C22H33N3O7. The van der Waals surface area contributed by atoms with E-state index in [1.54, 1.807) is 4.90 Å². The largest absolute Gasteiger partial charge is 0.493 e. The third-order valence-corrected chi connectivity index (χ3v) is 6.13. The molecule has 0 spiro atoms. The van der Waals surface area contributed by atoms with E-state index in [9.17, 15) is 14.9 Å². The number of carbonyl (C=O) groups excluding carboxylic acids is 1. The fourth-order valence-corrected chi connectivity index (χ4v) is 4.77. The maximum atomic E-state index is 13.3. The second-order valence-corrected chi connectivity index (χ2v) is 8.51. The third kappa shape index (κ3) is 5.07. The van der Waals surface area contributed by atoms with Crippen molar-refractivity contribution in [2.24, 2.45) is 5.92 Å². The van der Waals surface area contributed by atoms with Crippen LogP contribution in [0.1, 0.15) is 37.0 Å². The highest BCUT2D eigenvalue weighted by Gasteiger charge is 2.36. The first-order valence-corrected chi connectivity index (χ1v) is 10.9. The lowest BCUT2D eigenvalue weighted by atomic mass is 9.95. The average molecular weight is 452 g/mol. The lowest BCUT2D eigenvalue weighted by molar-refractivity contribution is -0.386. The minimum atomic E-state index is -0.610. The molecule has 1 aromatic carbocycles. The Bertz CT molecular complexity index is 829. The van der Waals surface area contributed by atoms with Gasteiger partial charge in [-0.15, -0.1) is 0 Å². The van der Waals surface area contributed by atoms with Crippen molar-refractivity contribution in [1.29, 1.82) is 0 Å². The van der Waals surface area contributed by atoms with Gasteiger partial charge in [0.15, 0.2) is 5.75 Å². The molecule has 0 aliphatic carbocycles. The van der Waals surface area contributed by atoms with E-state index >= 15 is 0 Å². The number of rotatable bonds is 7. The quantitative estimate of drug-likeness (QED) is 0.460. The number of hydrogen-bond donors (Lipinski definition) is 0. The summed E-state index contributed by atoms with van der Waals surface area (Å²) in [6.07, 6.45) is 2.15. The Morgan fingerprint density at radius 1 is 1.09 bits per heavy atom. The van der Waals surface area contributed by atoms with Crippen molar-refractivity contribution in [3.8, 4) is 17.2 Å². The standard InChI is InChI=1S/C22H33N3O7/c1-14-11-23(12-15(2)32-14)13-16-6-8-24(9-7-16)22(26)17-10-18(29-3)20(30-4)21(31-5)19(17)25(27)28/h10,14-16H,6-9,11-13H2,1-5H3. The van der Waals surface area contributed by atoms with E-state index in [4.69, 9.17) is 18.9 Å². The third-order valence-electron chi connectivity index (χ3n) is 6.13. The molecule has 3 rings (SSSR count). The Morgan fingerprint density at radius 2 is 1.69 bits per heavy atom. The summed E-state index contributed by atoms with van der Waals surface area (Å²) >= 11 is 0. The van der Waals surface area contributed by atoms with Gasteiger partial charge < -0.3 is 23.8 Å². The Kier molecular flexibility index (Phi) is 7.78. The normalized spacial score (nSPS) is 22.5. The van der Waals surface area contributed by atoms with E-state index in [1.165, 1.54) is 27.4 Å². The zero-order valence-electron chi connectivity index (χ0n) is 19.5. The summed E-state index contributed by atoms with van der Waals surface area (Å²) in [5.41, 5.74) is -0.465. The topological polar surface area (TPSA) is 104 Å². The molecule has 0 radical (unpaired) electrons. The first kappa shape index (κ1) is 24.1. The van der Waals surface area contributed by atoms with Crippen LogP contribution in [0.2, 0.25) is 0 Å². The Hall–Kier alpha value is -2.59. The number of nitro groups is 1. The van der Waals surface area contributed by atoms with Crippen LogP contribution >= 0.6 is 0 Å². The minimum Gasteiger partial charge on any atom is -0.493 e. The maximum absolute atomic E-state index is 13.3. The zero-order valence-corrected chi connectivity index (χ0v) is 19.5. The van der Waals surface area contributed by atoms with Gasteiger partial charge in [-0.1, -0.05) is 0 Å². The first-order chi connectivity index (χ1) is 15.3. The molecule has 1 aromatic rings. The Balaban J connectivity index is 1.74. The number of piperidine rings is 1. The molecule has 2 atom stereocenters. The van der Waals surface area contributed by atoms with Gasteiger partial charge in [-0.05, 0) is 32.6 Å². The summed E-state index contributed by atoms with van der Waals surface area (Å²) in [7, 11) is 4.08. The molecule has 2 aliphatic heterocycles. The number of hydrogen-bond acceptors (Lipinski definition) is 8. The van der Waals surface area contributed by atoms with Gasteiger partial charge in [-0.2, -0.15) is 0 Å². The van der Waals surface area contributed by atoms with E-state index in [0.29, 0.717) is 19.0 Å². The Labute approximate surface area is 188 Å². The van der Waals surface area contributed by atoms with Crippen LogP contribution in [0.5, 0.6) is 17.2 Å². The fraction of sp³-hybridized carbons (Fsp3) is 0.682. The Morgan fingerprint density at radius 3 is 2.19 bits per heavy atom. The second-order valence-electron chi connectivity index (χ2n) is 8.51. The maximum Gasteiger partial charge on any atom is 0.327 e. The fourth-order valence-electron chi connectivity index (χ4n) is 4.77. The van der Waals surface area contributed by atoms with Crippen molar-refractivity contribution in [2.45, 2.75) is 38.9 Å². The van der Waals surface area contributed by atoms with Gasteiger partial charge in [-0.3, -0.25) is 19.8 Å². The van der Waals surface area contributed by atoms with Gasteiger partial charge in [0.25, 0.3) is 5.91 Å². The highest BCUT2D eigenvalue weighted by atomic mass is 16.6. The molecule has 2 aliphatic rings. The second kappa shape index (κ2) is 10.4. The number of carbonyl (C=O) groups is 1. The van der Waals surface area contributed by atoms with Crippen molar-refractivity contribution in [3.63, 3.8) is 0 Å². The van der Waals surface area contributed by atoms with Gasteiger partial charge in [0.2, 0.25) is 11.5 Å². The summed E-state index contributed by atoms with van der Waals surface area (Å²) in [6.45, 7) is 8.09. The molecule has 0 aromatic heterocycles. The SMILES string of the molecule is COc1cc(C(=O)N2CCC(CN3CC(C)OC(C)C3)CC2)c([N+](=O)[O-])c(OC)c1OC. The predicted octanol–water partition coefficient (Wildman–Crippen LogP) is 2.58. The van der Waals surface area contributed by atoms with Crippen molar-refractivity contribution in [2.75, 3.05) is 54.1 Å². The predicted molar refractivity (Wildman–Crippen MR) is 118 cm³/mol. The van der Waals surface area contributed by atoms with E-state index < -0.39 is 16.5 Å². The van der Waals surface area contributed by atoms with E-state index in [2.05, 4.69) is 18.7 Å². The summed E-state index contributed by atoms with van der Waals surface area (Å²) in [5, 5.41) is 11.8. The average Bonchev–Trinajstić information content (AvgIpc) is 2.76. The van der Waals surface area contributed by atoms with Crippen LogP contribution < -0.4 is 14.2 Å². The number of likely N-dealkylation sites (tertiary alicyclic amines) is 1. The lowest BCUT2D eigenvalue weighted by Gasteiger charge is -2.39. The number of morpholine rings is 1. The number of benzene rings is 1. The molecule has 0 N–H and O–H groups in total. The van der Waals surface area contributed by atoms with Crippen molar-refractivity contribution >= 4 is 11.6 Å². The lowest BCUT2D eigenvalue weighted by Crippen LogP contribution is -2.48. The van der Waals surface area contributed by atoms with Crippen LogP contribution in [0, 0.1) is 16.0 Å². The number of nitrogens with zero attached hydrogens (tertiary/aromatic N) is 3. The molecule has 0 saturated carbocycles. The zero-order chi connectivity index (χ0) is 23.4.